The number of ether oxygens (including phenoxy) is 1. The summed E-state index contributed by atoms with van der Waals surface area (Å²) in [5.41, 5.74) is 1.40. The van der Waals surface area contributed by atoms with Gasteiger partial charge in [-0.05, 0) is 43.2 Å². The van der Waals surface area contributed by atoms with E-state index >= 15 is 0 Å². The molecular formula is C23H26ClN3O6. The average molecular weight is 476 g/mol. The minimum atomic E-state index is -0.400. The van der Waals surface area contributed by atoms with Crippen molar-refractivity contribution in [2.45, 2.75) is 32.7 Å². The maximum absolute atomic E-state index is 13.0. The monoisotopic (exact) mass is 475 g/mol. The molecule has 1 saturated heterocycles. The number of benzene rings is 1. The standard InChI is InChI=1S/C23H26ClN3O6/c1-16-18(24)7-3-8-19(16)27-15-26(14-22(27)30)21(29)13-25(12-17-6-5-11-33-17)20(28)9-4-10-23(31)32-2/h3,5-8,11H,4,9-10,12-15H2,1-2H3. The Morgan fingerprint density at radius 2 is 1.97 bits per heavy atom. The summed E-state index contributed by atoms with van der Waals surface area (Å²) in [6, 6.07) is 8.67. The minimum absolute atomic E-state index is 0.0734. The van der Waals surface area contributed by atoms with Gasteiger partial charge < -0.3 is 19.0 Å². The Morgan fingerprint density at radius 1 is 1.18 bits per heavy atom. The van der Waals surface area contributed by atoms with Gasteiger partial charge in [-0.2, -0.15) is 0 Å². The number of amides is 3. The highest BCUT2D eigenvalue weighted by molar-refractivity contribution is 6.31. The zero-order valence-electron chi connectivity index (χ0n) is 18.6. The first-order valence-corrected chi connectivity index (χ1v) is 10.9. The molecule has 1 aliphatic rings. The van der Waals surface area contributed by atoms with Gasteiger partial charge in [0.2, 0.25) is 17.7 Å². The van der Waals surface area contributed by atoms with Crippen LogP contribution in [0, 0.1) is 6.92 Å². The van der Waals surface area contributed by atoms with Gasteiger partial charge in [-0.15, -0.1) is 0 Å². The third-order valence-corrected chi connectivity index (χ3v) is 5.84. The Hall–Kier alpha value is -3.33. The molecule has 0 radical (unpaired) electrons. The predicted octanol–water partition coefficient (Wildman–Crippen LogP) is 2.75. The second-order valence-corrected chi connectivity index (χ2v) is 8.10. The number of hydrogen-bond acceptors (Lipinski definition) is 6. The molecule has 1 aliphatic heterocycles. The van der Waals surface area contributed by atoms with Gasteiger partial charge in [0.1, 0.15) is 25.5 Å². The molecule has 3 amide bonds. The Morgan fingerprint density at radius 3 is 2.67 bits per heavy atom. The summed E-state index contributed by atoms with van der Waals surface area (Å²) in [6.07, 6.45) is 1.98. The second kappa shape index (κ2) is 11.0. The summed E-state index contributed by atoms with van der Waals surface area (Å²) in [6.45, 7) is 1.69. The van der Waals surface area contributed by atoms with E-state index in [1.165, 1.54) is 28.1 Å². The van der Waals surface area contributed by atoms with E-state index in [1.807, 2.05) is 6.92 Å². The maximum Gasteiger partial charge on any atom is 0.305 e. The lowest BCUT2D eigenvalue weighted by Gasteiger charge is -2.25. The van der Waals surface area contributed by atoms with Crippen LogP contribution in [0.5, 0.6) is 0 Å². The van der Waals surface area contributed by atoms with Crippen LogP contribution in [0.25, 0.3) is 0 Å². The molecule has 0 atom stereocenters. The molecular weight excluding hydrogens is 450 g/mol. The van der Waals surface area contributed by atoms with Crippen LogP contribution in [0.15, 0.2) is 41.0 Å². The van der Waals surface area contributed by atoms with Gasteiger partial charge >= 0.3 is 5.97 Å². The van der Waals surface area contributed by atoms with E-state index in [-0.39, 0.29) is 56.9 Å². The minimum Gasteiger partial charge on any atom is -0.469 e. The summed E-state index contributed by atoms with van der Waals surface area (Å²) in [4.78, 5) is 54.0. The van der Waals surface area contributed by atoms with Crippen molar-refractivity contribution in [1.29, 1.82) is 0 Å². The van der Waals surface area contributed by atoms with Gasteiger partial charge in [-0.3, -0.25) is 24.1 Å². The summed E-state index contributed by atoms with van der Waals surface area (Å²) in [5, 5.41) is 0.534. The fourth-order valence-electron chi connectivity index (χ4n) is 3.54. The molecule has 0 aliphatic carbocycles. The van der Waals surface area contributed by atoms with Crippen molar-refractivity contribution in [2.24, 2.45) is 0 Å². The van der Waals surface area contributed by atoms with Crippen LogP contribution in [0.2, 0.25) is 5.02 Å². The molecule has 1 aromatic carbocycles. The third kappa shape index (κ3) is 6.13. The van der Waals surface area contributed by atoms with Crippen molar-refractivity contribution in [3.05, 3.63) is 52.9 Å². The summed E-state index contributed by atoms with van der Waals surface area (Å²) in [7, 11) is 1.29. The van der Waals surface area contributed by atoms with E-state index in [0.717, 1.165) is 5.56 Å². The van der Waals surface area contributed by atoms with Crippen molar-refractivity contribution in [2.75, 3.05) is 31.8 Å². The SMILES string of the molecule is COC(=O)CCCC(=O)N(CC(=O)N1CC(=O)N(c2cccc(Cl)c2C)C1)Cc1ccco1. The Bertz CT molecular complexity index is 1020. The Balaban J connectivity index is 1.67. The van der Waals surface area contributed by atoms with E-state index < -0.39 is 5.97 Å². The molecule has 1 aromatic heterocycles. The molecule has 3 rings (SSSR count). The van der Waals surface area contributed by atoms with E-state index in [1.54, 1.807) is 30.3 Å². The van der Waals surface area contributed by atoms with Crippen LogP contribution in [-0.2, 0) is 30.5 Å². The maximum atomic E-state index is 13.0. The molecule has 0 bridgehead atoms. The first-order valence-electron chi connectivity index (χ1n) is 10.5. The van der Waals surface area contributed by atoms with Crippen LogP contribution in [0.4, 0.5) is 5.69 Å². The van der Waals surface area contributed by atoms with Crippen LogP contribution < -0.4 is 4.90 Å². The molecule has 9 nitrogen and oxygen atoms in total. The van der Waals surface area contributed by atoms with Crippen molar-refractivity contribution in [3.63, 3.8) is 0 Å². The van der Waals surface area contributed by atoms with E-state index in [4.69, 9.17) is 16.0 Å². The predicted molar refractivity (Wildman–Crippen MR) is 120 cm³/mol. The average Bonchev–Trinajstić information content (AvgIpc) is 3.44. The molecule has 2 heterocycles. The highest BCUT2D eigenvalue weighted by Crippen LogP contribution is 2.28. The number of halogens is 1. The summed E-state index contributed by atoms with van der Waals surface area (Å²) >= 11 is 6.18. The number of methoxy groups -OCH3 is 1. The first kappa shape index (κ1) is 24.3. The molecule has 0 saturated carbocycles. The second-order valence-electron chi connectivity index (χ2n) is 7.70. The number of rotatable bonds is 9. The van der Waals surface area contributed by atoms with Crippen LogP contribution in [0.1, 0.15) is 30.6 Å². The normalized spacial score (nSPS) is 13.4. The number of esters is 1. The fraction of sp³-hybridized carbons (Fsp3) is 0.391. The third-order valence-electron chi connectivity index (χ3n) is 5.43. The van der Waals surface area contributed by atoms with E-state index in [9.17, 15) is 19.2 Å². The molecule has 0 unspecified atom stereocenters. The number of nitrogens with zero attached hydrogens (tertiary/aromatic N) is 3. The smallest absolute Gasteiger partial charge is 0.305 e. The van der Waals surface area contributed by atoms with Gasteiger partial charge in [0.25, 0.3) is 0 Å². The Kier molecular flexibility index (Phi) is 8.11. The van der Waals surface area contributed by atoms with Crippen LogP contribution in [-0.4, -0.2) is 60.4 Å². The van der Waals surface area contributed by atoms with Crippen molar-refractivity contribution >= 4 is 41.0 Å². The van der Waals surface area contributed by atoms with Crippen molar-refractivity contribution < 1.29 is 28.3 Å². The van der Waals surface area contributed by atoms with E-state index in [2.05, 4.69) is 4.74 Å². The summed E-state index contributed by atoms with van der Waals surface area (Å²) < 4.78 is 9.93. The summed E-state index contributed by atoms with van der Waals surface area (Å²) in [5.74, 6) is -0.757. The Labute approximate surface area is 196 Å². The zero-order chi connectivity index (χ0) is 24.0. The number of hydrogen-bond donors (Lipinski definition) is 0. The lowest BCUT2D eigenvalue weighted by molar-refractivity contribution is -0.142. The molecule has 33 heavy (non-hydrogen) atoms. The highest BCUT2D eigenvalue weighted by atomic mass is 35.5. The van der Waals surface area contributed by atoms with Crippen LogP contribution >= 0.6 is 11.6 Å². The zero-order valence-corrected chi connectivity index (χ0v) is 19.3. The number of carbonyl (C=O) groups excluding carboxylic acids is 4. The van der Waals surface area contributed by atoms with Gasteiger partial charge in [-0.1, -0.05) is 17.7 Å². The van der Waals surface area contributed by atoms with Gasteiger partial charge in [-0.25, -0.2) is 0 Å². The number of anilines is 1. The van der Waals surface area contributed by atoms with E-state index in [0.29, 0.717) is 22.9 Å². The van der Waals surface area contributed by atoms with Crippen LogP contribution in [0.3, 0.4) is 0 Å². The number of carbonyl (C=O) groups is 4. The largest absolute Gasteiger partial charge is 0.469 e. The molecule has 0 N–H and O–H groups in total. The van der Waals surface area contributed by atoms with Crippen molar-refractivity contribution in [1.82, 2.24) is 9.80 Å². The molecule has 176 valence electrons. The number of furan rings is 1. The topological polar surface area (TPSA) is 100 Å². The van der Waals surface area contributed by atoms with Crippen molar-refractivity contribution in [3.8, 4) is 0 Å². The lowest BCUT2D eigenvalue weighted by Crippen LogP contribution is -2.42. The van der Waals surface area contributed by atoms with Gasteiger partial charge in [0.15, 0.2) is 0 Å². The highest BCUT2D eigenvalue weighted by Gasteiger charge is 2.34. The quantitative estimate of drug-likeness (QED) is 0.517. The fourth-order valence-corrected chi connectivity index (χ4v) is 3.71. The molecule has 2 aromatic rings. The molecule has 10 heteroatoms. The first-order chi connectivity index (χ1) is 15.8. The van der Waals surface area contributed by atoms with Gasteiger partial charge in [0.05, 0.1) is 19.9 Å². The molecule has 0 spiro atoms. The van der Waals surface area contributed by atoms with Gasteiger partial charge in [0, 0.05) is 23.6 Å². The lowest BCUT2D eigenvalue weighted by atomic mass is 10.2. The molecule has 1 fully saturated rings.